The molecule has 0 aliphatic carbocycles. The lowest BCUT2D eigenvalue weighted by atomic mass is 10.0. The third-order valence-electron chi connectivity index (χ3n) is 4.32. The molecule has 25 heavy (non-hydrogen) atoms. The second kappa shape index (κ2) is 7.34. The molecule has 0 radical (unpaired) electrons. The van der Waals surface area contributed by atoms with E-state index in [0.29, 0.717) is 13.2 Å². The highest BCUT2D eigenvalue weighted by Gasteiger charge is 2.18. The van der Waals surface area contributed by atoms with Gasteiger partial charge in [-0.3, -0.25) is 9.59 Å². The second-order valence-corrected chi connectivity index (χ2v) is 5.89. The van der Waals surface area contributed by atoms with Gasteiger partial charge in [-0.25, -0.2) is 0 Å². The Balaban J connectivity index is 0.000000146. The van der Waals surface area contributed by atoms with Crippen LogP contribution in [0.1, 0.15) is 38.8 Å². The van der Waals surface area contributed by atoms with E-state index in [1.165, 1.54) is 6.08 Å². The van der Waals surface area contributed by atoms with Gasteiger partial charge in [0.25, 0.3) is 0 Å². The molecule has 0 bridgehead atoms. The predicted octanol–water partition coefficient (Wildman–Crippen LogP) is 3.81. The van der Waals surface area contributed by atoms with Crippen molar-refractivity contribution in [2.75, 3.05) is 13.2 Å². The summed E-state index contributed by atoms with van der Waals surface area (Å²) < 4.78 is 10.7. The van der Waals surface area contributed by atoms with Gasteiger partial charge in [-0.15, -0.1) is 0 Å². The fourth-order valence-corrected chi connectivity index (χ4v) is 3.11. The number of benzene rings is 2. The quantitative estimate of drug-likeness (QED) is 0.632. The average Bonchev–Trinajstić information content (AvgIpc) is 3.29. The highest BCUT2D eigenvalue weighted by atomic mass is 16.5. The maximum Gasteiger partial charge on any atom is 0.185 e. The number of rotatable bonds is 3. The summed E-state index contributed by atoms with van der Waals surface area (Å²) in [6.45, 7) is 6.45. The minimum absolute atomic E-state index is 0.0256. The van der Waals surface area contributed by atoms with Crippen LogP contribution in [0.25, 0.3) is 0 Å². The fourth-order valence-electron chi connectivity index (χ4n) is 3.11. The Morgan fingerprint density at radius 3 is 1.96 bits per heavy atom. The minimum Gasteiger partial charge on any atom is -0.493 e. The molecule has 0 saturated carbocycles. The fraction of sp³-hybridized carbons (Fsp3) is 0.238. The number of hydrogen-bond acceptors (Lipinski definition) is 4. The second-order valence-electron chi connectivity index (χ2n) is 5.89. The smallest absolute Gasteiger partial charge is 0.185 e. The van der Waals surface area contributed by atoms with Crippen LogP contribution in [0.5, 0.6) is 11.5 Å². The van der Waals surface area contributed by atoms with Gasteiger partial charge < -0.3 is 9.47 Å². The van der Waals surface area contributed by atoms with E-state index < -0.39 is 0 Å². The molecular formula is C21H20O4. The van der Waals surface area contributed by atoms with Gasteiger partial charge in [-0.1, -0.05) is 30.8 Å². The van der Waals surface area contributed by atoms with E-state index in [1.807, 2.05) is 36.4 Å². The van der Waals surface area contributed by atoms with Crippen molar-refractivity contribution >= 4 is 11.6 Å². The maximum absolute atomic E-state index is 11.4. The Bertz CT molecular complexity index is 836. The zero-order chi connectivity index (χ0) is 17.8. The highest BCUT2D eigenvalue weighted by molar-refractivity contribution is 6.05. The van der Waals surface area contributed by atoms with Crippen molar-refractivity contribution in [3.8, 4) is 11.5 Å². The normalized spacial score (nSPS) is 13.5. The van der Waals surface area contributed by atoms with E-state index in [0.717, 1.165) is 46.6 Å². The molecule has 4 rings (SSSR count). The van der Waals surface area contributed by atoms with Gasteiger partial charge in [0.05, 0.1) is 13.2 Å². The maximum atomic E-state index is 11.4. The molecule has 0 aromatic heterocycles. The lowest BCUT2D eigenvalue weighted by Crippen LogP contribution is -1.98. The largest absolute Gasteiger partial charge is 0.493 e. The molecule has 2 aliphatic rings. The van der Waals surface area contributed by atoms with Crippen LogP contribution in [0.3, 0.4) is 0 Å². The topological polar surface area (TPSA) is 52.6 Å². The molecule has 0 N–H and O–H groups in total. The van der Waals surface area contributed by atoms with Gasteiger partial charge in [0.2, 0.25) is 0 Å². The number of ether oxygens (including phenoxy) is 2. The summed E-state index contributed by atoms with van der Waals surface area (Å²) in [7, 11) is 0. The lowest BCUT2D eigenvalue weighted by molar-refractivity contribution is 0.101. The van der Waals surface area contributed by atoms with E-state index >= 15 is 0 Å². The first-order valence-electron chi connectivity index (χ1n) is 8.29. The standard InChI is InChI=1S/C11H10O2.C10H10O2/c1-2-10(12)8-4-3-5-11-9(8)6-7-13-11;1-7(11)8-3-2-4-10-9(8)5-6-12-10/h2-5H,1,6-7H2;2-4H,5-6H2,1H3. The summed E-state index contributed by atoms with van der Waals surface area (Å²) in [5.74, 6) is 1.81. The summed E-state index contributed by atoms with van der Waals surface area (Å²) in [5, 5.41) is 0. The Morgan fingerprint density at radius 2 is 1.44 bits per heavy atom. The molecule has 0 unspecified atom stereocenters. The molecule has 2 aromatic rings. The van der Waals surface area contributed by atoms with Crippen LogP contribution < -0.4 is 9.47 Å². The SMILES string of the molecule is C=CC(=O)c1cccc2c1CCO2.CC(=O)c1cccc2c1CCO2. The van der Waals surface area contributed by atoms with Crippen LogP contribution in [0.4, 0.5) is 0 Å². The lowest BCUT2D eigenvalue weighted by Gasteiger charge is -2.02. The third kappa shape index (κ3) is 3.48. The molecule has 2 heterocycles. The van der Waals surface area contributed by atoms with E-state index in [4.69, 9.17) is 9.47 Å². The van der Waals surface area contributed by atoms with Gasteiger partial charge in [0, 0.05) is 35.1 Å². The van der Waals surface area contributed by atoms with Crippen molar-refractivity contribution in [1.29, 1.82) is 0 Å². The van der Waals surface area contributed by atoms with Crippen LogP contribution in [-0.4, -0.2) is 24.8 Å². The molecule has 4 heteroatoms. The van der Waals surface area contributed by atoms with Crippen LogP contribution >= 0.6 is 0 Å². The van der Waals surface area contributed by atoms with E-state index in [-0.39, 0.29) is 11.6 Å². The number of fused-ring (bicyclic) bond motifs is 2. The van der Waals surface area contributed by atoms with Crippen molar-refractivity contribution in [2.45, 2.75) is 19.8 Å². The van der Waals surface area contributed by atoms with Crippen molar-refractivity contribution in [2.24, 2.45) is 0 Å². The van der Waals surface area contributed by atoms with Crippen LogP contribution in [0.2, 0.25) is 0 Å². The Kier molecular flexibility index (Phi) is 4.98. The van der Waals surface area contributed by atoms with E-state index in [1.54, 1.807) is 6.92 Å². The number of ketones is 2. The summed E-state index contributed by atoms with van der Waals surface area (Å²) in [6.07, 6.45) is 3.03. The summed E-state index contributed by atoms with van der Waals surface area (Å²) in [5.41, 5.74) is 3.63. The number of carbonyl (C=O) groups is 2. The van der Waals surface area contributed by atoms with Crippen molar-refractivity contribution in [1.82, 2.24) is 0 Å². The van der Waals surface area contributed by atoms with Crippen LogP contribution in [0, 0.1) is 0 Å². The molecule has 2 aromatic carbocycles. The van der Waals surface area contributed by atoms with E-state index in [2.05, 4.69) is 6.58 Å². The molecule has 4 nitrogen and oxygen atoms in total. The molecule has 2 aliphatic heterocycles. The molecule has 0 amide bonds. The van der Waals surface area contributed by atoms with Crippen molar-refractivity contribution in [3.63, 3.8) is 0 Å². The Hall–Kier alpha value is -2.88. The van der Waals surface area contributed by atoms with Gasteiger partial charge in [-0.2, -0.15) is 0 Å². The average molecular weight is 336 g/mol. The molecule has 128 valence electrons. The predicted molar refractivity (Wildman–Crippen MR) is 95.8 cm³/mol. The van der Waals surface area contributed by atoms with Crippen molar-refractivity contribution < 1.29 is 19.1 Å². The van der Waals surface area contributed by atoms with Gasteiger partial charge in [-0.05, 0) is 25.1 Å². The number of carbonyl (C=O) groups excluding carboxylic acids is 2. The minimum atomic E-state index is -0.0256. The number of Topliss-reactive ketones (excluding diaryl/α,β-unsaturated/α-hetero) is 1. The Morgan fingerprint density at radius 1 is 0.920 bits per heavy atom. The van der Waals surface area contributed by atoms with Crippen LogP contribution in [-0.2, 0) is 12.8 Å². The van der Waals surface area contributed by atoms with Gasteiger partial charge >= 0.3 is 0 Å². The first-order chi connectivity index (χ1) is 12.1. The zero-order valence-electron chi connectivity index (χ0n) is 14.2. The van der Waals surface area contributed by atoms with Gasteiger partial charge in [0.15, 0.2) is 11.6 Å². The highest BCUT2D eigenvalue weighted by Crippen LogP contribution is 2.29. The molecule has 0 spiro atoms. The Labute approximate surface area is 147 Å². The summed E-state index contributed by atoms with van der Waals surface area (Å²) in [6, 6.07) is 11.2. The van der Waals surface area contributed by atoms with Crippen molar-refractivity contribution in [3.05, 3.63) is 71.3 Å². The molecule has 0 saturated heterocycles. The molecule has 0 atom stereocenters. The number of allylic oxidation sites excluding steroid dienone is 1. The molecule has 0 fully saturated rings. The van der Waals surface area contributed by atoms with Crippen LogP contribution in [0.15, 0.2) is 49.1 Å². The first-order valence-corrected chi connectivity index (χ1v) is 8.29. The summed E-state index contributed by atoms with van der Waals surface area (Å²) in [4.78, 5) is 22.5. The van der Waals surface area contributed by atoms with E-state index in [9.17, 15) is 9.59 Å². The zero-order valence-corrected chi connectivity index (χ0v) is 14.2. The monoisotopic (exact) mass is 336 g/mol. The third-order valence-corrected chi connectivity index (χ3v) is 4.32. The number of hydrogen-bond donors (Lipinski definition) is 0. The molecular weight excluding hydrogens is 316 g/mol. The van der Waals surface area contributed by atoms with Gasteiger partial charge in [0.1, 0.15) is 11.5 Å². The first kappa shape index (κ1) is 17.0. The summed E-state index contributed by atoms with van der Waals surface area (Å²) >= 11 is 0.